The van der Waals surface area contributed by atoms with E-state index in [1.807, 2.05) is 49.0 Å². The number of fused-ring (bicyclic) bond motifs is 5. The summed E-state index contributed by atoms with van der Waals surface area (Å²) in [6.07, 6.45) is 1.24. The molecule has 1 amide bonds. The number of hydrogen-bond donors (Lipinski definition) is 1. The van der Waals surface area contributed by atoms with Crippen LogP contribution in [0.2, 0.25) is 0 Å². The molecule has 7 heteroatoms. The number of para-hydroxylation sites is 1. The normalized spacial score (nSPS) is 13.6. The molecule has 5 rings (SSSR count). The van der Waals surface area contributed by atoms with Crippen LogP contribution in [0.4, 0.5) is 4.39 Å². The highest BCUT2D eigenvalue weighted by atomic mass is 19.1. The van der Waals surface area contributed by atoms with Gasteiger partial charge in [0.05, 0.1) is 36.6 Å². The molecule has 0 spiro atoms. The van der Waals surface area contributed by atoms with Gasteiger partial charge in [-0.2, -0.15) is 0 Å². The van der Waals surface area contributed by atoms with Gasteiger partial charge in [-0.25, -0.2) is 4.39 Å². The first-order valence-electron chi connectivity index (χ1n) is 11.7. The van der Waals surface area contributed by atoms with Crippen LogP contribution in [0.15, 0.2) is 42.5 Å². The fourth-order valence-corrected chi connectivity index (χ4v) is 4.84. The molecule has 1 aliphatic rings. The molecule has 2 aromatic carbocycles. The van der Waals surface area contributed by atoms with Gasteiger partial charge in [0.15, 0.2) is 11.6 Å². The molecule has 3 heterocycles. The highest BCUT2D eigenvalue weighted by Gasteiger charge is 2.26. The third-order valence-corrected chi connectivity index (χ3v) is 6.36. The minimum atomic E-state index is -0.370. The number of pyridine rings is 1. The molecular weight excluding hydrogens is 431 g/mol. The van der Waals surface area contributed by atoms with Crippen LogP contribution in [0.3, 0.4) is 0 Å². The second kappa shape index (κ2) is 9.06. The Bertz CT molecular complexity index is 1380. The van der Waals surface area contributed by atoms with Crippen LogP contribution in [-0.2, 0) is 24.2 Å². The topological polar surface area (TPSA) is 61.5 Å². The SMILES string of the molecule is CCOc1ccc(Cc2nc3c(c4c2[nH]c2ccccc24)CCN(C(=O)CN(C)C)C3)cc1F. The summed E-state index contributed by atoms with van der Waals surface area (Å²) in [5, 5.41) is 2.32. The molecule has 0 bridgehead atoms. The minimum absolute atomic E-state index is 0.103. The third kappa shape index (κ3) is 4.12. The quantitative estimate of drug-likeness (QED) is 0.466. The Morgan fingerprint density at radius 3 is 2.82 bits per heavy atom. The fraction of sp³-hybridized carbons (Fsp3) is 0.333. The lowest BCUT2D eigenvalue weighted by molar-refractivity contribution is -0.132. The maximum atomic E-state index is 14.5. The number of ether oxygens (including phenoxy) is 1. The lowest BCUT2D eigenvalue weighted by atomic mass is 9.96. The maximum Gasteiger partial charge on any atom is 0.237 e. The van der Waals surface area contributed by atoms with Crippen LogP contribution < -0.4 is 4.74 Å². The Labute approximate surface area is 198 Å². The van der Waals surface area contributed by atoms with Gasteiger partial charge in [0.1, 0.15) is 0 Å². The molecule has 0 radical (unpaired) electrons. The van der Waals surface area contributed by atoms with Gasteiger partial charge in [0.25, 0.3) is 0 Å². The Morgan fingerprint density at radius 1 is 1.24 bits per heavy atom. The molecule has 34 heavy (non-hydrogen) atoms. The summed E-state index contributed by atoms with van der Waals surface area (Å²) in [5.74, 6) is -0.00674. The summed E-state index contributed by atoms with van der Waals surface area (Å²) in [6, 6.07) is 13.3. The standard InChI is InChI=1S/C27H29FN4O2/c1-4-34-24-10-9-17(13-20(24)28)14-22-27-26(18-7-5-6-8-21(18)30-27)19-11-12-32(15-23(19)29-22)25(33)16-31(2)3/h5-10,13,30H,4,11-12,14-16H2,1-3H3. The van der Waals surface area contributed by atoms with Gasteiger partial charge in [-0.1, -0.05) is 24.3 Å². The van der Waals surface area contributed by atoms with Crippen molar-refractivity contribution in [2.24, 2.45) is 0 Å². The van der Waals surface area contributed by atoms with Crippen molar-refractivity contribution in [3.63, 3.8) is 0 Å². The summed E-state index contributed by atoms with van der Waals surface area (Å²) >= 11 is 0. The third-order valence-electron chi connectivity index (χ3n) is 6.36. The number of carbonyl (C=O) groups is 1. The van der Waals surface area contributed by atoms with E-state index in [0.29, 0.717) is 32.7 Å². The Hall–Kier alpha value is -3.45. The number of benzene rings is 2. The van der Waals surface area contributed by atoms with Gasteiger partial charge in [0, 0.05) is 29.3 Å². The average Bonchev–Trinajstić information content (AvgIpc) is 3.20. The fourth-order valence-electron chi connectivity index (χ4n) is 4.84. The molecule has 176 valence electrons. The zero-order valence-electron chi connectivity index (χ0n) is 19.8. The Morgan fingerprint density at radius 2 is 2.06 bits per heavy atom. The van der Waals surface area contributed by atoms with Crippen LogP contribution in [0.5, 0.6) is 5.75 Å². The Balaban J connectivity index is 1.59. The summed E-state index contributed by atoms with van der Waals surface area (Å²) in [5.41, 5.74) is 5.85. The first kappa shape index (κ1) is 22.3. The van der Waals surface area contributed by atoms with Gasteiger partial charge < -0.3 is 19.5 Å². The number of H-pyrrole nitrogens is 1. The van der Waals surface area contributed by atoms with Crippen molar-refractivity contribution >= 4 is 27.7 Å². The number of aromatic nitrogens is 2. The van der Waals surface area contributed by atoms with Crippen LogP contribution >= 0.6 is 0 Å². The van der Waals surface area contributed by atoms with E-state index in [1.54, 1.807) is 6.07 Å². The summed E-state index contributed by atoms with van der Waals surface area (Å²) in [7, 11) is 3.80. The summed E-state index contributed by atoms with van der Waals surface area (Å²) in [6.45, 7) is 3.80. The lowest BCUT2D eigenvalue weighted by Gasteiger charge is -2.30. The molecule has 2 aromatic heterocycles. The zero-order valence-corrected chi connectivity index (χ0v) is 19.8. The smallest absolute Gasteiger partial charge is 0.237 e. The molecule has 0 atom stereocenters. The van der Waals surface area contributed by atoms with E-state index in [4.69, 9.17) is 9.72 Å². The molecule has 1 N–H and O–H groups in total. The van der Waals surface area contributed by atoms with Crippen molar-refractivity contribution < 1.29 is 13.9 Å². The molecular formula is C27H29FN4O2. The summed E-state index contributed by atoms with van der Waals surface area (Å²) < 4.78 is 19.9. The van der Waals surface area contributed by atoms with Crippen molar-refractivity contribution in [1.29, 1.82) is 0 Å². The largest absolute Gasteiger partial charge is 0.491 e. The Kier molecular flexibility index (Phi) is 5.96. The monoisotopic (exact) mass is 460 g/mol. The molecule has 6 nitrogen and oxygen atoms in total. The van der Waals surface area contributed by atoms with E-state index in [0.717, 1.165) is 39.8 Å². The second-order valence-corrected chi connectivity index (χ2v) is 9.08. The zero-order chi connectivity index (χ0) is 23.8. The highest BCUT2D eigenvalue weighted by molar-refractivity contribution is 6.10. The van der Waals surface area contributed by atoms with E-state index >= 15 is 0 Å². The number of amides is 1. The van der Waals surface area contributed by atoms with Crippen molar-refractivity contribution in [1.82, 2.24) is 19.8 Å². The number of likely N-dealkylation sites (N-methyl/N-ethyl adjacent to an activating group) is 1. The van der Waals surface area contributed by atoms with Crippen LogP contribution in [0.1, 0.15) is 29.4 Å². The van der Waals surface area contributed by atoms with Crippen LogP contribution in [-0.4, -0.2) is 59.5 Å². The number of aromatic amines is 1. The molecule has 1 aliphatic heterocycles. The van der Waals surface area contributed by atoms with Gasteiger partial charge in [-0.15, -0.1) is 0 Å². The van der Waals surface area contributed by atoms with Crippen molar-refractivity contribution in [2.45, 2.75) is 26.3 Å². The predicted molar refractivity (Wildman–Crippen MR) is 132 cm³/mol. The van der Waals surface area contributed by atoms with Gasteiger partial charge >= 0.3 is 0 Å². The van der Waals surface area contributed by atoms with Crippen LogP contribution in [0.25, 0.3) is 21.8 Å². The molecule has 0 unspecified atom stereocenters. The van der Waals surface area contributed by atoms with Crippen molar-refractivity contribution in [3.05, 3.63) is 70.8 Å². The average molecular weight is 461 g/mol. The molecule has 0 fully saturated rings. The number of nitrogens with one attached hydrogen (secondary N) is 1. The highest BCUT2D eigenvalue weighted by Crippen LogP contribution is 2.35. The molecule has 0 saturated carbocycles. The summed E-state index contributed by atoms with van der Waals surface area (Å²) in [4.78, 5) is 25.1. The first-order chi connectivity index (χ1) is 16.4. The molecule has 4 aromatic rings. The van der Waals surface area contributed by atoms with Crippen molar-refractivity contribution in [3.8, 4) is 5.75 Å². The van der Waals surface area contributed by atoms with Crippen molar-refractivity contribution in [2.75, 3.05) is 33.8 Å². The van der Waals surface area contributed by atoms with E-state index < -0.39 is 0 Å². The van der Waals surface area contributed by atoms with E-state index in [-0.39, 0.29) is 17.5 Å². The number of nitrogens with zero attached hydrogens (tertiary/aromatic N) is 3. The number of halogens is 1. The molecule has 0 aliphatic carbocycles. The second-order valence-electron chi connectivity index (χ2n) is 9.08. The first-order valence-corrected chi connectivity index (χ1v) is 11.7. The van der Waals surface area contributed by atoms with E-state index in [9.17, 15) is 9.18 Å². The molecule has 0 saturated heterocycles. The van der Waals surface area contributed by atoms with E-state index in [1.165, 1.54) is 17.0 Å². The number of rotatable bonds is 6. The lowest BCUT2D eigenvalue weighted by Crippen LogP contribution is -2.41. The van der Waals surface area contributed by atoms with Gasteiger partial charge in [0.2, 0.25) is 5.91 Å². The number of carbonyl (C=O) groups excluding carboxylic acids is 1. The predicted octanol–water partition coefficient (Wildman–Crippen LogP) is 4.29. The number of hydrogen-bond acceptors (Lipinski definition) is 4. The van der Waals surface area contributed by atoms with Gasteiger partial charge in [-0.05, 0) is 56.8 Å². The maximum absolute atomic E-state index is 14.5. The van der Waals surface area contributed by atoms with Gasteiger partial charge in [-0.3, -0.25) is 9.78 Å². The van der Waals surface area contributed by atoms with Crippen LogP contribution in [0, 0.1) is 5.82 Å². The minimum Gasteiger partial charge on any atom is -0.491 e. The van der Waals surface area contributed by atoms with E-state index in [2.05, 4.69) is 17.1 Å².